The minimum atomic E-state index is 0.536. The largest absolute Gasteiger partial charge is 0.383 e. The molecule has 2 rings (SSSR count). The minimum Gasteiger partial charge on any atom is -0.383 e. The van der Waals surface area contributed by atoms with Gasteiger partial charge in [-0.2, -0.15) is 0 Å². The molecule has 2 aromatic rings. The van der Waals surface area contributed by atoms with Crippen molar-refractivity contribution in [3.8, 4) is 0 Å². The van der Waals surface area contributed by atoms with Crippen molar-refractivity contribution in [2.24, 2.45) is 0 Å². The van der Waals surface area contributed by atoms with E-state index < -0.39 is 0 Å². The fraction of sp³-hybridized carbons (Fsp3) is 0.273. The lowest BCUT2D eigenvalue weighted by Gasteiger charge is -2.09. The second kappa shape index (κ2) is 5.33. The number of hydrogen-bond donors (Lipinski definition) is 2. The van der Waals surface area contributed by atoms with Gasteiger partial charge in [0.15, 0.2) is 0 Å². The van der Waals surface area contributed by atoms with Gasteiger partial charge in [0.05, 0.1) is 10.9 Å². The van der Waals surface area contributed by atoms with Crippen LogP contribution in [0.3, 0.4) is 0 Å². The van der Waals surface area contributed by atoms with Gasteiger partial charge in [-0.05, 0) is 18.6 Å². The summed E-state index contributed by atoms with van der Waals surface area (Å²) in [4.78, 5) is 9.34. The first-order valence-electron chi connectivity index (χ1n) is 5.28. The molecule has 6 heteroatoms. The molecule has 17 heavy (non-hydrogen) atoms. The van der Waals surface area contributed by atoms with Crippen LogP contribution < -0.4 is 11.1 Å². The van der Waals surface area contributed by atoms with E-state index in [4.69, 9.17) is 17.3 Å². The van der Waals surface area contributed by atoms with Crippen LogP contribution in [0.1, 0.15) is 17.4 Å². The molecule has 0 bridgehead atoms. The molecular formula is C11H13ClN4S. The first-order valence-corrected chi connectivity index (χ1v) is 6.47. The van der Waals surface area contributed by atoms with E-state index in [1.54, 1.807) is 11.3 Å². The lowest BCUT2D eigenvalue weighted by atomic mass is 10.2. The summed E-state index contributed by atoms with van der Waals surface area (Å²) in [5.41, 5.74) is 6.75. The summed E-state index contributed by atoms with van der Waals surface area (Å²) in [6.45, 7) is 2.73. The molecule has 90 valence electrons. The standard InChI is InChI=1S/C11H13ClN4S/c1-2-8-10(13)15-6-16-11(8)14-5-7-3-4-9(12)17-7/h3-4,6H,2,5H2,1H3,(H3,13,14,15,16). The van der Waals surface area contributed by atoms with Gasteiger partial charge in [-0.1, -0.05) is 18.5 Å². The fourth-order valence-corrected chi connectivity index (χ4v) is 2.57. The van der Waals surface area contributed by atoms with Crippen molar-refractivity contribution in [2.75, 3.05) is 11.1 Å². The predicted molar refractivity (Wildman–Crippen MR) is 72.5 cm³/mol. The predicted octanol–water partition coefficient (Wildman–Crippen LogP) is 2.95. The van der Waals surface area contributed by atoms with E-state index in [9.17, 15) is 0 Å². The molecule has 0 atom stereocenters. The van der Waals surface area contributed by atoms with Crippen LogP contribution in [-0.4, -0.2) is 9.97 Å². The fourth-order valence-electron chi connectivity index (χ4n) is 1.54. The van der Waals surface area contributed by atoms with Gasteiger partial charge in [0.2, 0.25) is 0 Å². The maximum atomic E-state index is 5.87. The molecule has 4 nitrogen and oxygen atoms in total. The third kappa shape index (κ3) is 2.87. The van der Waals surface area contributed by atoms with Crippen molar-refractivity contribution in [3.63, 3.8) is 0 Å². The van der Waals surface area contributed by atoms with E-state index in [1.165, 1.54) is 6.33 Å². The van der Waals surface area contributed by atoms with Gasteiger partial charge in [0.25, 0.3) is 0 Å². The van der Waals surface area contributed by atoms with Gasteiger partial charge < -0.3 is 11.1 Å². The molecule has 0 aliphatic heterocycles. The molecule has 0 saturated carbocycles. The molecule has 0 radical (unpaired) electrons. The van der Waals surface area contributed by atoms with E-state index in [1.807, 2.05) is 19.1 Å². The zero-order valence-corrected chi connectivity index (χ0v) is 11.0. The van der Waals surface area contributed by atoms with E-state index in [0.717, 1.165) is 27.0 Å². The SMILES string of the molecule is CCc1c(N)ncnc1NCc1ccc(Cl)s1. The molecule has 2 aromatic heterocycles. The van der Waals surface area contributed by atoms with Crippen LogP contribution in [0.4, 0.5) is 11.6 Å². The Morgan fingerprint density at radius 1 is 1.41 bits per heavy atom. The van der Waals surface area contributed by atoms with Crippen molar-refractivity contribution in [1.29, 1.82) is 0 Å². The zero-order valence-electron chi connectivity index (χ0n) is 9.40. The first-order chi connectivity index (χ1) is 8.20. The summed E-state index contributed by atoms with van der Waals surface area (Å²) in [5, 5.41) is 3.26. The van der Waals surface area contributed by atoms with Gasteiger partial charge in [-0.3, -0.25) is 0 Å². The van der Waals surface area contributed by atoms with Crippen molar-refractivity contribution in [3.05, 3.63) is 33.2 Å². The average molecular weight is 269 g/mol. The van der Waals surface area contributed by atoms with Crippen LogP contribution in [0.15, 0.2) is 18.5 Å². The first kappa shape index (κ1) is 12.1. The zero-order chi connectivity index (χ0) is 12.3. The average Bonchev–Trinajstić information content (AvgIpc) is 2.72. The van der Waals surface area contributed by atoms with E-state index >= 15 is 0 Å². The molecule has 0 saturated heterocycles. The molecule has 0 aliphatic carbocycles. The molecule has 0 aromatic carbocycles. The lowest BCUT2D eigenvalue weighted by molar-refractivity contribution is 1.03. The number of nitrogens with two attached hydrogens (primary N) is 1. The smallest absolute Gasteiger partial charge is 0.134 e. The Morgan fingerprint density at radius 2 is 2.24 bits per heavy atom. The molecular weight excluding hydrogens is 256 g/mol. The molecule has 0 aliphatic rings. The highest BCUT2D eigenvalue weighted by atomic mass is 35.5. The number of rotatable bonds is 4. The molecule has 0 spiro atoms. The highest BCUT2D eigenvalue weighted by molar-refractivity contribution is 7.16. The Morgan fingerprint density at radius 3 is 2.88 bits per heavy atom. The third-order valence-corrected chi connectivity index (χ3v) is 3.62. The van der Waals surface area contributed by atoms with Crippen molar-refractivity contribution in [2.45, 2.75) is 19.9 Å². The van der Waals surface area contributed by atoms with Crippen LogP contribution in [0.25, 0.3) is 0 Å². The second-order valence-electron chi connectivity index (χ2n) is 3.50. The molecule has 2 heterocycles. The van der Waals surface area contributed by atoms with Crippen LogP contribution in [-0.2, 0) is 13.0 Å². The number of hydrogen-bond acceptors (Lipinski definition) is 5. The normalized spacial score (nSPS) is 10.5. The van der Waals surface area contributed by atoms with Gasteiger partial charge in [0.1, 0.15) is 18.0 Å². The Kier molecular flexibility index (Phi) is 3.81. The van der Waals surface area contributed by atoms with Gasteiger partial charge in [-0.15, -0.1) is 11.3 Å². The summed E-state index contributed by atoms with van der Waals surface area (Å²) < 4.78 is 0.791. The monoisotopic (exact) mass is 268 g/mol. The van der Waals surface area contributed by atoms with E-state index in [2.05, 4.69) is 15.3 Å². The van der Waals surface area contributed by atoms with Gasteiger partial charge in [0, 0.05) is 10.4 Å². The number of aromatic nitrogens is 2. The highest BCUT2D eigenvalue weighted by Gasteiger charge is 2.07. The maximum Gasteiger partial charge on any atom is 0.134 e. The second-order valence-corrected chi connectivity index (χ2v) is 5.30. The number of nitrogens with zero attached hydrogens (tertiary/aromatic N) is 2. The van der Waals surface area contributed by atoms with Crippen LogP contribution >= 0.6 is 22.9 Å². The summed E-state index contributed by atoms with van der Waals surface area (Å²) in [7, 11) is 0. The van der Waals surface area contributed by atoms with Gasteiger partial charge in [-0.25, -0.2) is 9.97 Å². The minimum absolute atomic E-state index is 0.536. The van der Waals surface area contributed by atoms with Crippen molar-refractivity contribution in [1.82, 2.24) is 9.97 Å². The Hall–Kier alpha value is -1.33. The van der Waals surface area contributed by atoms with Crippen molar-refractivity contribution < 1.29 is 0 Å². The Bertz CT molecular complexity index is 512. The summed E-state index contributed by atoms with van der Waals surface area (Å²) in [6.07, 6.45) is 2.28. The molecule has 0 unspecified atom stereocenters. The van der Waals surface area contributed by atoms with Crippen molar-refractivity contribution >= 4 is 34.6 Å². The molecule has 0 fully saturated rings. The number of halogens is 1. The van der Waals surface area contributed by atoms with Crippen LogP contribution in [0.2, 0.25) is 4.34 Å². The quantitative estimate of drug-likeness (QED) is 0.895. The lowest BCUT2D eigenvalue weighted by Crippen LogP contribution is -2.07. The molecule has 0 amide bonds. The number of anilines is 2. The molecule has 3 N–H and O–H groups in total. The van der Waals surface area contributed by atoms with Gasteiger partial charge >= 0.3 is 0 Å². The maximum absolute atomic E-state index is 5.87. The van der Waals surface area contributed by atoms with Crippen LogP contribution in [0.5, 0.6) is 0 Å². The Labute approximate surface area is 109 Å². The third-order valence-electron chi connectivity index (χ3n) is 2.39. The summed E-state index contributed by atoms with van der Waals surface area (Å²) >= 11 is 7.42. The number of nitrogen functional groups attached to an aromatic ring is 1. The topological polar surface area (TPSA) is 63.8 Å². The van der Waals surface area contributed by atoms with E-state index in [0.29, 0.717) is 12.4 Å². The highest BCUT2D eigenvalue weighted by Crippen LogP contribution is 2.23. The Balaban J connectivity index is 2.11. The van der Waals surface area contributed by atoms with Crippen LogP contribution in [0, 0.1) is 0 Å². The number of thiophene rings is 1. The van der Waals surface area contributed by atoms with E-state index in [-0.39, 0.29) is 0 Å². The number of nitrogens with one attached hydrogen (secondary N) is 1. The summed E-state index contributed by atoms with van der Waals surface area (Å²) in [6, 6.07) is 3.88. The summed E-state index contributed by atoms with van der Waals surface area (Å²) in [5.74, 6) is 1.33.